The van der Waals surface area contributed by atoms with E-state index in [0.717, 1.165) is 17.7 Å². The Kier molecular flexibility index (Phi) is 7.42. The Hall–Kier alpha value is -3.45. The fourth-order valence-corrected chi connectivity index (χ4v) is 5.13. The lowest BCUT2D eigenvalue weighted by atomic mass is 9.98. The quantitative estimate of drug-likeness (QED) is 0.230. The Bertz CT molecular complexity index is 1290. The lowest BCUT2D eigenvalue weighted by Crippen LogP contribution is -2.41. The van der Waals surface area contributed by atoms with Crippen molar-refractivity contribution in [2.75, 3.05) is 0 Å². The molecular weight excluding hydrogens is 473 g/mol. The molecule has 0 bridgehead atoms. The summed E-state index contributed by atoms with van der Waals surface area (Å²) in [5.74, 6) is 0. The largest absolute Gasteiger partial charge is 0.416 e. The van der Waals surface area contributed by atoms with Gasteiger partial charge in [0, 0.05) is 19.0 Å². The molecule has 3 nitrogen and oxygen atoms in total. The number of aliphatic hydroxyl groups is 1. The van der Waals surface area contributed by atoms with Crippen molar-refractivity contribution in [3.05, 3.63) is 131 Å². The van der Waals surface area contributed by atoms with Gasteiger partial charge in [0.1, 0.15) is 6.23 Å². The first kappa shape index (κ1) is 25.2. The molecule has 5 rings (SSSR count). The Morgan fingerprint density at radius 3 is 1.97 bits per heavy atom. The number of rotatable bonds is 9. The monoisotopic (exact) mass is 502 g/mol. The standard InChI is InChI=1S/C31H29F3N2O/c32-31(33,34)23-12-8-11-22(17-23)20-35-29(37)19-24(18-21-9-2-1-3-10-21)36-30-27-15-6-4-13-25(27)26-14-5-7-16-28(26)30/h1-17,24,29-30,35-37H,18-20H2/t24-,29?/m0/s1. The van der Waals surface area contributed by atoms with Crippen LogP contribution >= 0.6 is 0 Å². The first-order valence-electron chi connectivity index (χ1n) is 12.4. The van der Waals surface area contributed by atoms with Gasteiger partial charge in [0.15, 0.2) is 0 Å². The zero-order valence-corrected chi connectivity index (χ0v) is 20.2. The molecule has 0 radical (unpaired) electrons. The third-order valence-electron chi connectivity index (χ3n) is 6.86. The van der Waals surface area contributed by atoms with Crippen LogP contribution in [0.3, 0.4) is 0 Å². The van der Waals surface area contributed by atoms with Crippen LogP contribution in [0.4, 0.5) is 13.2 Å². The molecule has 6 heteroatoms. The molecule has 1 unspecified atom stereocenters. The summed E-state index contributed by atoms with van der Waals surface area (Å²) >= 11 is 0. The normalized spacial score (nSPS) is 14.7. The minimum Gasteiger partial charge on any atom is -0.379 e. The first-order chi connectivity index (χ1) is 17.9. The van der Waals surface area contributed by atoms with E-state index in [1.165, 1.54) is 28.3 Å². The van der Waals surface area contributed by atoms with Gasteiger partial charge in [-0.25, -0.2) is 0 Å². The average molecular weight is 503 g/mol. The Balaban J connectivity index is 1.33. The van der Waals surface area contributed by atoms with Gasteiger partial charge in [-0.2, -0.15) is 13.2 Å². The number of hydrogen-bond donors (Lipinski definition) is 3. The maximum absolute atomic E-state index is 13.1. The third-order valence-corrected chi connectivity index (χ3v) is 6.86. The van der Waals surface area contributed by atoms with E-state index in [0.29, 0.717) is 18.4 Å². The summed E-state index contributed by atoms with van der Waals surface area (Å²) < 4.78 is 39.2. The zero-order valence-electron chi connectivity index (χ0n) is 20.2. The van der Waals surface area contributed by atoms with Crippen LogP contribution in [0.1, 0.15) is 40.3 Å². The van der Waals surface area contributed by atoms with Gasteiger partial charge in [-0.3, -0.25) is 5.32 Å². The third kappa shape index (κ3) is 5.93. The van der Waals surface area contributed by atoms with Gasteiger partial charge in [-0.15, -0.1) is 0 Å². The van der Waals surface area contributed by atoms with E-state index in [-0.39, 0.29) is 18.6 Å². The van der Waals surface area contributed by atoms with Gasteiger partial charge in [-0.1, -0.05) is 97.1 Å². The Morgan fingerprint density at radius 1 is 0.730 bits per heavy atom. The van der Waals surface area contributed by atoms with E-state index in [2.05, 4.69) is 47.0 Å². The maximum atomic E-state index is 13.1. The highest BCUT2D eigenvalue weighted by Gasteiger charge is 2.31. The molecule has 0 aromatic heterocycles. The summed E-state index contributed by atoms with van der Waals surface area (Å²) in [4.78, 5) is 0. The predicted octanol–water partition coefficient (Wildman–Crippen LogP) is 6.47. The van der Waals surface area contributed by atoms with Gasteiger partial charge < -0.3 is 10.4 Å². The molecule has 4 aromatic carbocycles. The molecule has 0 saturated carbocycles. The minimum atomic E-state index is -4.40. The van der Waals surface area contributed by atoms with Gasteiger partial charge in [0.05, 0.1) is 11.6 Å². The molecule has 1 aliphatic carbocycles. The number of aliphatic hydroxyl groups excluding tert-OH is 1. The summed E-state index contributed by atoms with van der Waals surface area (Å²) in [5, 5.41) is 17.7. The molecule has 0 saturated heterocycles. The molecule has 0 amide bonds. The van der Waals surface area contributed by atoms with Crippen molar-refractivity contribution in [1.29, 1.82) is 0 Å². The van der Waals surface area contributed by atoms with Crippen LogP contribution < -0.4 is 10.6 Å². The molecule has 1 aliphatic rings. The van der Waals surface area contributed by atoms with Gasteiger partial charge in [0.2, 0.25) is 0 Å². The summed E-state index contributed by atoms with van der Waals surface area (Å²) in [5.41, 5.74) is 5.74. The number of halogens is 3. The van der Waals surface area contributed by atoms with Gasteiger partial charge in [-0.05, 0) is 45.9 Å². The van der Waals surface area contributed by atoms with Gasteiger partial charge in [0.25, 0.3) is 0 Å². The van der Waals surface area contributed by atoms with Crippen LogP contribution in [0.25, 0.3) is 11.1 Å². The molecule has 0 spiro atoms. The van der Waals surface area contributed by atoms with Crippen LogP contribution in [0, 0.1) is 0 Å². The molecule has 190 valence electrons. The van der Waals surface area contributed by atoms with E-state index in [1.807, 2.05) is 42.5 Å². The van der Waals surface area contributed by atoms with Crippen molar-refractivity contribution >= 4 is 0 Å². The number of hydrogen-bond acceptors (Lipinski definition) is 3. The average Bonchev–Trinajstić information content (AvgIpc) is 3.21. The number of nitrogens with one attached hydrogen (secondary N) is 2. The summed E-state index contributed by atoms with van der Waals surface area (Å²) in [6.45, 7) is 0.137. The first-order valence-corrected chi connectivity index (χ1v) is 12.4. The fourth-order valence-electron chi connectivity index (χ4n) is 5.13. The van der Waals surface area contributed by atoms with Crippen LogP contribution in [0.15, 0.2) is 103 Å². The molecule has 2 atom stereocenters. The number of benzene rings is 4. The second-order valence-electron chi connectivity index (χ2n) is 9.49. The molecule has 0 fully saturated rings. The molecular formula is C31H29F3N2O. The second-order valence-corrected chi connectivity index (χ2v) is 9.49. The second kappa shape index (κ2) is 10.9. The summed E-state index contributed by atoms with van der Waals surface area (Å²) in [6.07, 6.45) is -4.21. The smallest absolute Gasteiger partial charge is 0.379 e. The van der Waals surface area contributed by atoms with E-state index in [1.54, 1.807) is 6.07 Å². The van der Waals surface area contributed by atoms with Crippen LogP contribution in [-0.2, 0) is 19.1 Å². The number of alkyl halides is 3. The zero-order chi connectivity index (χ0) is 25.8. The lowest BCUT2D eigenvalue weighted by Gasteiger charge is -2.27. The Labute approximate surface area is 215 Å². The summed E-state index contributed by atoms with van der Waals surface area (Å²) in [6, 6.07) is 31.9. The van der Waals surface area contributed by atoms with Gasteiger partial charge >= 0.3 is 6.18 Å². The highest BCUT2D eigenvalue weighted by Crippen LogP contribution is 2.43. The SMILES string of the molecule is OC(C[C@H](Cc1ccccc1)NC1c2ccccc2-c2ccccc21)NCc1cccc(C(F)(F)F)c1. The van der Waals surface area contributed by atoms with E-state index in [9.17, 15) is 18.3 Å². The molecule has 3 N–H and O–H groups in total. The van der Waals surface area contributed by atoms with Crippen molar-refractivity contribution in [2.24, 2.45) is 0 Å². The molecule has 0 heterocycles. The fraction of sp³-hybridized carbons (Fsp3) is 0.226. The highest BCUT2D eigenvalue weighted by molar-refractivity contribution is 5.78. The predicted molar refractivity (Wildman–Crippen MR) is 140 cm³/mol. The summed E-state index contributed by atoms with van der Waals surface area (Å²) in [7, 11) is 0. The molecule has 4 aromatic rings. The molecule has 37 heavy (non-hydrogen) atoms. The van der Waals surface area contributed by atoms with E-state index >= 15 is 0 Å². The van der Waals surface area contributed by atoms with Crippen molar-refractivity contribution in [3.63, 3.8) is 0 Å². The van der Waals surface area contributed by atoms with Crippen molar-refractivity contribution < 1.29 is 18.3 Å². The van der Waals surface area contributed by atoms with E-state index in [4.69, 9.17) is 0 Å². The van der Waals surface area contributed by atoms with Crippen molar-refractivity contribution in [2.45, 2.75) is 43.9 Å². The maximum Gasteiger partial charge on any atom is 0.416 e. The van der Waals surface area contributed by atoms with Crippen LogP contribution in [-0.4, -0.2) is 17.4 Å². The van der Waals surface area contributed by atoms with Crippen molar-refractivity contribution in [3.8, 4) is 11.1 Å². The number of fused-ring (bicyclic) bond motifs is 3. The van der Waals surface area contributed by atoms with Crippen LogP contribution in [0.2, 0.25) is 0 Å². The highest BCUT2D eigenvalue weighted by atomic mass is 19.4. The van der Waals surface area contributed by atoms with Crippen LogP contribution in [0.5, 0.6) is 0 Å². The van der Waals surface area contributed by atoms with E-state index < -0.39 is 18.0 Å². The molecule has 0 aliphatic heterocycles. The minimum absolute atomic E-state index is 0.0169. The topological polar surface area (TPSA) is 44.3 Å². The van der Waals surface area contributed by atoms with Crippen molar-refractivity contribution in [1.82, 2.24) is 10.6 Å². The Morgan fingerprint density at radius 2 is 1.32 bits per heavy atom. The lowest BCUT2D eigenvalue weighted by molar-refractivity contribution is -0.137.